The Hall–Kier alpha value is -4.50. The molecule has 11 nitrogen and oxygen atoms in total. The maximum atomic E-state index is 13.2. The average molecular weight is 496 g/mol. The van der Waals surface area contributed by atoms with Crippen LogP contribution in [0.1, 0.15) is 28.0 Å². The molecule has 0 saturated heterocycles. The molecule has 4 rings (SSSR count). The number of benzene rings is 2. The molecule has 0 bridgehead atoms. The lowest BCUT2D eigenvalue weighted by molar-refractivity contribution is 0.0950. The Bertz CT molecular complexity index is 1400. The molecule has 3 N–H and O–H groups in total. The van der Waals surface area contributed by atoms with Gasteiger partial charge in [-0.3, -0.25) is 4.79 Å². The van der Waals surface area contributed by atoms with E-state index in [9.17, 15) is 14.4 Å². The number of halogens is 2. The minimum absolute atomic E-state index is 0.167. The van der Waals surface area contributed by atoms with Crippen molar-refractivity contribution in [2.24, 2.45) is 0 Å². The van der Waals surface area contributed by atoms with Crippen LogP contribution in [0.3, 0.4) is 0 Å². The van der Waals surface area contributed by atoms with Crippen molar-refractivity contribution in [3.05, 3.63) is 70.4 Å². The molecule has 178 valence electrons. The number of aromatic nitrogens is 6. The van der Waals surface area contributed by atoms with Gasteiger partial charge in [0.25, 0.3) is 5.91 Å². The average Bonchev–Trinajstić information content (AvgIpc) is 3.50. The summed E-state index contributed by atoms with van der Waals surface area (Å²) < 4.78 is 21.3. The molecule has 0 fully saturated rings. The molecule has 2 aromatic heterocycles. The van der Waals surface area contributed by atoms with Crippen LogP contribution in [-0.4, -0.2) is 49.5 Å². The zero-order chi connectivity index (χ0) is 24.9. The lowest BCUT2D eigenvalue weighted by atomic mass is 10.1. The fourth-order valence-corrected chi connectivity index (χ4v) is 3.69. The van der Waals surface area contributed by atoms with E-state index in [-0.39, 0.29) is 33.7 Å². The van der Waals surface area contributed by atoms with Crippen LogP contribution >= 0.6 is 11.6 Å². The number of methoxy groups -OCH3 is 1. The summed E-state index contributed by atoms with van der Waals surface area (Å²) in [5.41, 5.74) is 8.05. The van der Waals surface area contributed by atoms with Crippen LogP contribution in [0.4, 0.5) is 10.2 Å². The van der Waals surface area contributed by atoms with Crippen molar-refractivity contribution >= 4 is 23.3 Å². The van der Waals surface area contributed by atoms with Crippen molar-refractivity contribution in [3.8, 4) is 23.2 Å². The van der Waals surface area contributed by atoms with E-state index in [0.717, 1.165) is 0 Å². The normalized spacial score (nSPS) is 10.7. The second kappa shape index (κ2) is 10.2. The van der Waals surface area contributed by atoms with Gasteiger partial charge < -0.3 is 15.8 Å². The molecule has 0 aliphatic heterocycles. The van der Waals surface area contributed by atoms with E-state index in [1.165, 1.54) is 53.1 Å². The number of aryl methyl sites for hydroxylation is 1. The van der Waals surface area contributed by atoms with Gasteiger partial charge in [0, 0.05) is 12.6 Å². The summed E-state index contributed by atoms with van der Waals surface area (Å²) in [6.07, 6.45) is 2.25. The highest BCUT2D eigenvalue weighted by Gasteiger charge is 2.19. The monoisotopic (exact) mass is 495 g/mol. The summed E-state index contributed by atoms with van der Waals surface area (Å²) in [7, 11) is 1.44. The fourth-order valence-electron chi connectivity index (χ4n) is 3.44. The van der Waals surface area contributed by atoms with Crippen molar-refractivity contribution in [2.45, 2.75) is 12.8 Å². The van der Waals surface area contributed by atoms with Gasteiger partial charge in [0.1, 0.15) is 35.3 Å². The SMILES string of the molecule is COc1cc(-n2cnnn2)c(Cl)cc1C(=O)NCCCc1nn(-c2ccc(F)cc2)c(N)c1C#N. The fraction of sp³-hybridized carbons (Fsp3) is 0.182. The lowest BCUT2D eigenvalue weighted by Gasteiger charge is -2.12. The van der Waals surface area contributed by atoms with Gasteiger partial charge in [-0.2, -0.15) is 15.0 Å². The maximum absolute atomic E-state index is 13.2. The number of tetrazole rings is 1. The molecule has 1 amide bonds. The summed E-state index contributed by atoms with van der Waals surface area (Å²) in [5.74, 6) is -0.307. The number of carbonyl (C=O) groups excluding carboxylic acids is 1. The highest BCUT2D eigenvalue weighted by atomic mass is 35.5. The number of anilines is 1. The predicted molar refractivity (Wildman–Crippen MR) is 124 cm³/mol. The van der Waals surface area contributed by atoms with Crippen LogP contribution in [-0.2, 0) is 6.42 Å². The molecule has 0 aliphatic rings. The molecular formula is C22H19ClFN9O2. The molecule has 35 heavy (non-hydrogen) atoms. The Balaban J connectivity index is 1.43. The molecule has 0 aliphatic carbocycles. The number of carbonyl (C=O) groups is 1. The topological polar surface area (TPSA) is 150 Å². The highest BCUT2D eigenvalue weighted by Crippen LogP contribution is 2.29. The molecule has 0 unspecified atom stereocenters. The summed E-state index contributed by atoms with van der Waals surface area (Å²) in [4.78, 5) is 12.8. The van der Waals surface area contributed by atoms with Gasteiger partial charge in [-0.1, -0.05) is 11.6 Å². The third kappa shape index (κ3) is 4.90. The number of ether oxygens (including phenoxy) is 1. The minimum atomic E-state index is -0.390. The zero-order valence-electron chi connectivity index (χ0n) is 18.4. The predicted octanol–water partition coefficient (Wildman–Crippen LogP) is 2.47. The number of nitrogens with two attached hydrogens (primary N) is 1. The van der Waals surface area contributed by atoms with Crippen molar-refractivity contribution in [3.63, 3.8) is 0 Å². The Kier molecular flexibility index (Phi) is 6.88. The van der Waals surface area contributed by atoms with Gasteiger partial charge in [0.2, 0.25) is 0 Å². The molecule has 2 aromatic carbocycles. The molecule has 0 radical (unpaired) electrons. The maximum Gasteiger partial charge on any atom is 0.255 e. The second-order valence-electron chi connectivity index (χ2n) is 7.32. The molecule has 0 spiro atoms. The van der Waals surface area contributed by atoms with Crippen molar-refractivity contribution < 1.29 is 13.9 Å². The van der Waals surface area contributed by atoms with E-state index in [4.69, 9.17) is 22.1 Å². The largest absolute Gasteiger partial charge is 0.496 e. The van der Waals surface area contributed by atoms with E-state index >= 15 is 0 Å². The van der Waals surface area contributed by atoms with Crippen molar-refractivity contribution in [2.75, 3.05) is 19.4 Å². The van der Waals surface area contributed by atoms with Crippen LogP contribution < -0.4 is 15.8 Å². The van der Waals surface area contributed by atoms with Crippen molar-refractivity contribution in [1.29, 1.82) is 5.26 Å². The molecule has 0 atom stereocenters. The number of nitrogens with one attached hydrogen (secondary N) is 1. The number of rotatable bonds is 8. The highest BCUT2D eigenvalue weighted by molar-refractivity contribution is 6.33. The van der Waals surface area contributed by atoms with E-state index in [1.54, 1.807) is 6.07 Å². The van der Waals surface area contributed by atoms with Crippen molar-refractivity contribution in [1.82, 2.24) is 35.3 Å². The molecular weight excluding hydrogens is 477 g/mol. The number of amides is 1. The number of hydrogen-bond acceptors (Lipinski definition) is 8. The van der Waals surface area contributed by atoms with E-state index < -0.39 is 0 Å². The van der Waals surface area contributed by atoms with Gasteiger partial charge in [-0.05, 0) is 53.6 Å². The Morgan fingerprint density at radius 2 is 2.09 bits per heavy atom. The first-order valence-electron chi connectivity index (χ1n) is 10.4. The number of nitrogen functional groups attached to an aromatic ring is 1. The quantitative estimate of drug-likeness (QED) is 0.354. The molecule has 13 heteroatoms. The van der Waals surface area contributed by atoms with Gasteiger partial charge >= 0.3 is 0 Å². The smallest absolute Gasteiger partial charge is 0.255 e. The van der Waals surface area contributed by atoms with Crippen LogP contribution in [0.25, 0.3) is 11.4 Å². The summed E-state index contributed by atoms with van der Waals surface area (Å²) in [5, 5.41) is 27.9. The number of nitrogens with zero attached hydrogens (tertiary/aromatic N) is 7. The van der Waals surface area contributed by atoms with Crippen LogP contribution in [0, 0.1) is 17.1 Å². The number of nitriles is 1. The first-order valence-corrected chi connectivity index (χ1v) is 10.7. The Labute approximate surface area is 203 Å². The standard InChI is InChI=1S/C22H19ClFN9O2/c1-35-20-10-19(32-12-28-30-31-32)17(23)9-15(20)22(34)27-8-2-3-18-16(11-25)21(26)33(29-18)14-6-4-13(24)5-7-14/h4-7,9-10,12H,2-3,8,26H2,1H3,(H,27,34). The summed E-state index contributed by atoms with van der Waals surface area (Å²) in [6, 6.07) is 10.7. The second-order valence-corrected chi connectivity index (χ2v) is 7.73. The van der Waals surface area contributed by atoms with E-state index in [1.807, 2.05) is 0 Å². The van der Waals surface area contributed by atoms with Crippen LogP contribution in [0.15, 0.2) is 42.7 Å². The first-order chi connectivity index (χ1) is 16.9. The summed E-state index contributed by atoms with van der Waals surface area (Å²) in [6.45, 7) is 0.294. The van der Waals surface area contributed by atoms with Crippen LogP contribution in [0.5, 0.6) is 5.75 Å². The minimum Gasteiger partial charge on any atom is -0.496 e. The first kappa shape index (κ1) is 23.7. The molecule has 0 saturated carbocycles. The van der Waals surface area contributed by atoms with Crippen LogP contribution in [0.2, 0.25) is 5.02 Å². The Morgan fingerprint density at radius 1 is 1.31 bits per heavy atom. The molecule has 4 aromatic rings. The van der Waals surface area contributed by atoms with Gasteiger partial charge in [0.15, 0.2) is 0 Å². The van der Waals surface area contributed by atoms with Gasteiger partial charge in [-0.15, -0.1) is 5.10 Å². The number of hydrogen-bond donors (Lipinski definition) is 2. The molecule has 2 heterocycles. The summed E-state index contributed by atoms with van der Waals surface area (Å²) >= 11 is 6.32. The van der Waals surface area contributed by atoms with Gasteiger partial charge in [-0.25, -0.2) is 9.07 Å². The third-order valence-corrected chi connectivity index (χ3v) is 5.46. The lowest BCUT2D eigenvalue weighted by Crippen LogP contribution is -2.25. The zero-order valence-corrected chi connectivity index (χ0v) is 19.2. The van der Waals surface area contributed by atoms with E-state index in [2.05, 4.69) is 32.0 Å². The van der Waals surface area contributed by atoms with Gasteiger partial charge in [0.05, 0.1) is 34.8 Å². The third-order valence-electron chi connectivity index (χ3n) is 5.16. The van der Waals surface area contributed by atoms with E-state index in [0.29, 0.717) is 42.2 Å². The Morgan fingerprint density at radius 3 is 2.74 bits per heavy atom.